The first-order chi connectivity index (χ1) is 8.05. The molecule has 5 heteroatoms. The van der Waals surface area contributed by atoms with E-state index in [1.807, 2.05) is 0 Å². The van der Waals surface area contributed by atoms with Gasteiger partial charge in [-0.1, -0.05) is 13.8 Å². The lowest BCUT2D eigenvalue weighted by atomic mass is 9.90. The van der Waals surface area contributed by atoms with E-state index in [1.165, 1.54) is 0 Å². The van der Waals surface area contributed by atoms with Crippen LogP contribution in [0.5, 0.6) is 0 Å². The first-order valence-electron chi connectivity index (χ1n) is 6.32. The Morgan fingerprint density at radius 2 is 2.06 bits per heavy atom. The van der Waals surface area contributed by atoms with Crippen molar-refractivity contribution in [2.45, 2.75) is 45.1 Å². The highest BCUT2D eigenvalue weighted by Gasteiger charge is 2.38. The van der Waals surface area contributed by atoms with E-state index in [9.17, 15) is 14.7 Å². The number of nitrogens with one attached hydrogen (secondary N) is 2. The van der Waals surface area contributed by atoms with Gasteiger partial charge in [-0.25, -0.2) is 4.79 Å². The minimum absolute atomic E-state index is 0.0967. The number of amides is 1. The van der Waals surface area contributed by atoms with Gasteiger partial charge in [-0.15, -0.1) is 0 Å². The third-order valence-electron chi connectivity index (χ3n) is 3.65. The molecule has 1 saturated heterocycles. The standard InChI is InChI=1S/C12H22N2O3/c1-3-12(4-2,11(16)17)14-10(15)9-6-5-7-13-8-9/h9,13H,3-8H2,1-2H3,(H,14,15)(H,16,17)/t9-/m0/s1. The van der Waals surface area contributed by atoms with Gasteiger partial charge in [0.1, 0.15) is 5.54 Å². The number of carboxylic acids is 1. The van der Waals surface area contributed by atoms with Gasteiger partial charge in [-0.3, -0.25) is 4.79 Å². The maximum atomic E-state index is 12.0. The molecule has 0 aromatic rings. The van der Waals surface area contributed by atoms with Crippen LogP contribution in [0.25, 0.3) is 0 Å². The molecule has 1 atom stereocenters. The number of carbonyl (C=O) groups excluding carboxylic acids is 1. The molecule has 5 nitrogen and oxygen atoms in total. The lowest BCUT2D eigenvalue weighted by Gasteiger charge is -2.31. The number of hydrogen-bond acceptors (Lipinski definition) is 3. The molecule has 1 heterocycles. The fourth-order valence-electron chi connectivity index (χ4n) is 2.20. The summed E-state index contributed by atoms with van der Waals surface area (Å²) < 4.78 is 0. The highest BCUT2D eigenvalue weighted by Crippen LogP contribution is 2.18. The summed E-state index contributed by atoms with van der Waals surface area (Å²) >= 11 is 0. The van der Waals surface area contributed by atoms with Crippen molar-refractivity contribution in [3.63, 3.8) is 0 Å². The van der Waals surface area contributed by atoms with E-state index >= 15 is 0 Å². The number of carbonyl (C=O) groups is 2. The molecular weight excluding hydrogens is 220 g/mol. The average molecular weight is 242 g/mol. The second-order valence-corrected chi connectivity index (χ2v) is 4.63. The SMILES string of the molecule is CCC(CC)(NC(=O)[C@H]1CCCNC1)C(=O)O. The molecule has 1 aliphatic rings. The molecule has 0 spiro atoms. The number of piperidine rings is 1. The van der Waals surface area contributed by atoms with E-state index in [1.54, 1.807) is 13.8 Å². The molecule has 0 aliphatic carbocycles. The van der Waals surface area contributed by atoms with Crippen molar-refractivity contribution in [1.82, 2.24) is 10.6 Å². The van der Waals surface area contributed by atoms with Crippen LogP contribution in [0, 0.1) is 5.92 Å². The summed E-state index contributed by atoms with van der Waals surface area (Å²) in [7, 11) is 0. The molecule has 0 bridgehead atoms. The Bertz CT molecular complexity index is 281. The summed E-state index contributed by atoms with van der Waals surface area (Å²) in [5, 5.41) is 15.1. The number of aliphatic carboxylic acids is 1. The Kier molecular flexibility index (Phi) is 4.93. The van der Waals surface area contributed by atoms with E-state index in [4.69, 9.17) is 0 Å². The van der Waals surface area contributed by atoms with Gasteiger partial charge in [0.05, 0.1) is 5.92 Å². The molecule has 17 heavy (non-hydrogen) atoms. The highest BCUT2D eigenvalue weighted by atomic mass is 16.4. The van der Waals surface area contributed by atoms with E-state index in [0.717, 1.165) is 19.4 Å². The largest absolute Gasteiger partial charge is 0.480 e. The van der Waals surface area contributed by atoms with Crippen LogP contribution in [0.4, 0.5) is 0 Å². The van der Waals surface area contributed by atoms with Crippen LogP contribution in [0.2, 0.25) is 0 Å². The molecule has 0 radical (unpaired) electrons. The smallest absolute Gasteiger partial charge is 0.329 e. The maximum Gasteiger partial charge on any atom is 0.329 e. The van der Waals surface area contributed by atoms with Crippen LogP contribution in [-0.4, -0.2) is 35.6 Å². The quantitative estimate of drug-likeness (QED) is 0.664. The fraction of sp³-hybridized carbons (Fsp3) is 0.833. The van der Waals surface area contributed by atoms with Gasteiger partial charge in [0.15, 0.2) is 0 Å². The Hall–Kier alpha value is -1.10. The van der Waals surface area contributed by atoms with Gasteiger partial charge in [0, 0.05) is 6.54 Å². The number of carboxylic acid groups (broad SMARTS) is 1. The van der Waals surface area contributed by atoms with Crippen molar-refractivity contribution >= 4 is 11.9 Å². The zero-order valence-corrected chi connectivity index (χ0v) is 10.6. The Morgan fingerprint density at radius 3 is 2.47 bits per heavy atom. The third-order valence-corrected chi connectivity index (χ3v) is 3.65. The maximum absolute atomic E-state index is 12.0. The van der Waals surface area contributed by atoms with E-state index < -0.39 is 11.5 Å². The topological polar surface area (TPSA) is 78.4 Å². The summed E-state index contributed by atoms with van der Waals surface area (Å²) in [6.07, 6.45) is 2.62. The number of rotatable bonds is 5. The van der Waals surface area contributed by atoms with Gasteiger partial charge in [-0.2, -0.15) is 0 Å². The Morgan fingerprint density at radius 1 is 1.41 bits per heavy atom. The van der Waals surface area contributed by atoms with Crippen LogP contribution < -0.4 is 10.6 Å². The van der Waals surface area contributed by atoms with Gasteiger partial charge < -0.3 is 15.7 Å². The zero-order chi connectivity index (χ0) is 12.9. The van der Waals surface area contributed by atoms with Gasteiger partial charge >= 0.3 is 5.97 Å². The lowest BCUT2D eigenvalue weighted by Crippen LogP contribution is -2.56. The van der Waals surface area contributed by atoms with Crippen molar-refractivity contribution in [1.29, 1.82) is 0 Å². The molecule has 0 saturated carbocycles. The Labute approximate surface area is 102 Å². The summed E-state index contributed by atoms with van der Waals surface area (Å²) in [5.41, 5.74) is -1.10. The van der Waals surface area contributed by atoms with E-state index in [0.29, 0.717) is 19.4 Å². The van der Waals surface area contributed by atoms with Crippen molar-refractivity contribution in [2.24, 2.45) is 5.92 Å². The first-order valence-corrected chi connectivity index (χ1v) is 6.32. The van der Waals surface area contributed by atoms with Gasteiger partial charge in [-0.05, 0) is 32.2 Å². The predicted molar refractivity (Wildman–Crippen MR) is 64.7 cm³/mol. The highest BCUT2D eigenvalue weighted by molar-refractivity contribution is 5.88. The summed E-state index contributed by atoms with van der Waals surface area (Å²) in [6.45, 7) is 5.17. The average Bonchev–Trinajstić information content (AvgIpc) is 2.36. The molecule has 0 aromatic heterocycles. The van der Waals surface area contributed by atoms with Crippen LogP contribution in [-0.2, 0) is 9.59 Å². The van der Waals surface area contributed by atoms with Crippen molar-refractivity contribution in [3.05, 3.63) is 0 Å². The molecule has 1 fully saturated rings. The van der Waals surface area contributed by atoms with E-state index in [-0.39, 0.29) is 11.8 Å². The zero-order valence-electron chi connectivity index (χ0n) is 10.6. The van der Waals surface area contributed by atoms with Crippen molar-refractivity contribution < 1.29 is 14.7 Å². The molecule has 1 aliphatic heterocycles. The molecule has 98 valence electrons. The molecule has 1 rings (SSSR count). The predicted octanol–water partition coefficient (Wildman–Crippen LogP) is 0.746. The van der Waals surface area contributed by atoms with Crippen molar-refractivity contribution in [3.8, 4) is 0 Å². The monoisotopic (exact) mass is 242 g/mol. The second-order valence-electron chi connectivity index (χ2n) is 4.63. The minimum Gasteiger partial charge on any atom is -0.480 e. The first kappa shape index (κ1) is 14.0. The van der Waals surface area contributed by atoms with Crippen LogP contribution >= 0.6 is 0 Å². The molecule has 0 unspecified atom stereocenters. The fourth-order valence-corrected chi connectivity index (χ4v) is 2.20. The Balaban J connectivity index is 2.66. The number of hydrogen-bond donors (Lipinski definition) is 3. The lowest BCUT2D eigenvalue weighted by molar-refractivity contribution is -0.148. The summed E-state index contributed by atoms with van der Waals surface area (Å²) in [6, 6.07) is 0. The van der Waals surface area contributed by atoms with E-state index in [2.05, 4.69) is 10.6 Å². The van der Waals surface area contributed by atoms with Gasteiger partial charge in [0.2, 0.25) is 5.91 Å². The molecule has 0 aromatic carbocycles. The van der Waals surface area contributed by atoms with Crippen LogP contribution in [0.3, 0.4) is 0 Å². The third kappa shape index (κ3) is 3.19. The van der Waals surface area contributed by atoms with Crippen molar-refractivity contribution in [2.75, 3.05) is 13.1 Å². The summed E-state index contributed by atoms with van der Waals surface area (Å²) in [4.78, 5) is 23.3. The molecule has 1 amide bonds. The molecular formula is C12H22N2O3. The summed E-state index contributed by atoms with van der Waals surface area (Å²) in [5.74, 6) is -1.18. The second kappa shape index (κ2) is 6.00. The van der Waals surface area contributed by atoms with Crippen LogP contribution in [0.15, 0.2) is 0 Å². The minimum atomic E-state index is -1.10. The van der Waals surface area contributed by atoms with Crippen LogP contribution in [0.1, 0.15) is 39.5 Å². The normalized spacial score (nSPS) is 20.9. The van der Waals surface area contributed by atoms with Gasteiger partial charge in [0.25, 0.3) is 0 Å². The molecule has 3 N–H and O–H groups in total.